The van der Waals surface area contributed by atoms with Crippen LogP contribution in [-0.4, -0.2) is 10.5 Å². The summed E-state index contributed by atoms with van der Waals surface area (Å²) in [7, 11) is 0. The van der Waals surface area contributed by atoms with E-state index in [1.165, 1.54) is 0 Å². The molecule has 3 rings (SSSR count). The molecule has 0 saturated heterocycles. The molecule has 3 aromatic rings. The van der Waals surface area contributed by atoms with Gasteiger partial charge in [0.25, 0.3) is 5.91 Å². The first-order valence-electron chi connectivity index (χ1n) is 8.11. The van der Waals surface area contributed by atoms with Gasteiger partial charge in [-0.15, -0.1) is 11.3 Å². The molecule has 25 heavy (non-hydrogen) atoms. The Hall–Kier alpha value is -1.98. The molecule has 0 saturated carbocycles. The van der Waals surface area contributed by atoms with Crippen molar-refractivity contribution in [2.45, 2.75) is 27.3 Å². The predicted molar refractivity (Wildman–Crippen MR) is 107 cm³/mol. The van der Waals surface area contributed by atoms with Crippen molar-refractivity contribution in [3.63, 3.8) is 0 Å². The number of thiazole rings is 1. The molecule has 0 fully saturated rings. The molecular weight excluding hydrogens is 396 g/mol. The van der Waals surface area contributed by atoms with Crippen LogP contribution in [0.2, 0.25) is 0 Å². The summed E-state index contributed by atoms with van der Waals surface area (Å²) in [6.45, 7) is 6.88. The van der Waals surface area contributed by atoms with E-state index in [-0.39, 0.29) is 5.91 Å². The molecule has 0 unspecified atom stereocenters. The van der Waals surface area contributed by atoms with E-state index in [1.54, 1.807) is 11.3 Å². The molecule has 0 aliphatic heterocycles. The highest BCUT2D eigenvalue weighted by Crippen LogP contribution is 2.26. The number of carbonyl (C=O) groups excluding carboxylic acids is 1. The number of aryl methyl sites for hydroxylation is 2. The van der Waals surface area contributed by atoms with Crippen LogP contribution in [0.3, 0.4) is 0 Å². The molecule has 1 amide bonds. The van der Waals surface area contributed by atoms with Gasteiger partial charge in [-0.3, -0.25) is 4.79 Å². The Bertz CT molecular complexity index is 984. The van der Waals surface area contributed by atoms with Crippen LogP contribution in [-0.2, 0) is 6.54 Å². The SMILES string of the molecule is CCn1c(-c2ccc(Br)cc2)c(C)sc1=NC(=O)c1cccc(C)c1. The fraction of sp³-hybridized carbons (Fsp3) is 0.200. The minimum atomic E-state index is -0.200. The number of amides is 1. The summed E-state index contributed by atoms with van der Waals surface area (Å²) in [5.41, 5.74) is 3.93. The molecule has 1 aromatic heterocycles. The third-order valence-corrected chi connectivity index (χ3v) is 5.50. The summed E-state index contributed by atoms with van der Waals surface area (Å²) in [4.78, 5) is 18.8. The molecule has 0 spiro atoms. The first-order chi connectivity index (χ1) is 12.0. The second kappa shape index (κ2) is 7.50. The Labute approximate surface area is 159 Å². The molecule has 1 heterocycles. The highest BCUT2D eigenvalue weighted by atomic mass is 79.9. The van der Waals surface area contributed by atoms with Gasteiger partial charge in [0.2, 0.25) is 0 Å². The lowest BCUT2D eigenvalue weighted by Crippen LogP contribution is -2.17. The van der Waals surface area contributed by atoms with E-state index in [0.717, 1.165) is 37.5 Å². The van der Waals surface area contributed by atoms with E-state index in [2.05, 4.69) is 51.5 Å². The zero-order chi connectivity index (χ0) is 18.0. The Morgan fingerprint density at radius 1 is 1.16 bits per heavy atom. The van der Waals surface area contributed by atoms with Crippen molar-refractivity contribution in [1.82, 2.24) is 4.57 Å². The summed E-state index contributed by atoms with van der Waals surface area (Å²) in [5.74, 6) is -0.200. The second-order valence-corrected chi connectivity index (χ2v) is 7.92. The topological polar surface area (TPSA) is 34.4 Å². The van der Waals surface area contributed by atoms with Gasteiger partial charge in [-0.2, -0.15) is 4.99 Å². The standard InChI is InChI=1S/C20H19BrN2OS/c1-4-23-18(15-8-10-17(21)11-9-15)14(3)25-20(23)22-19(24)16-7-5-6-13(2)12-16/h5-12H,4H2,1-3H3. The number of rotatable bonds is 3. The minimum absolute atomic E-state index is 0.200. The highest BCUT2D eigenvalue weighted by Gasteiger charge is 2.13. The molecular formula is C20H19BrN2OS. The van der Waals surface area contributed by atoms with Gasteiger partial charge in [0.1, 0.15) is 0 Å². The number of halogens is 1. The molecule has 2 aromatic carbocycles. The molecule has 3 nitrogen and oxygen atoms in total. The molecule has 0 bridgehead atoms. The maximum Gasteiger partial charge on any atom is 0.279 e. The van der Waals surface area contributed by atoms with Crippen molar-refractivity contribution in [3.05, 3.63) is 73.8 Å². The number of hydrogen-bond donors (Lipinski definition) is 0. The van der Waals surface area contributed by atoms with Gasteiger partial charge < -0.3 is 4.57 Å². The molecule has 0 radical (unpaired) electrons. The van der Waals surface area contributed by atoms with Gasteiger partial charge in [-0.25, -0.2) is 0 Å². The number of aromatic nitrogens is 1. The van der Waals surface area contributed by atoms with Gasteiger partial charge in [0, 0.05) is 21.5 Å². The van der Waals surface area contributed by atoms with E-state index >= 15 is 0 Å². The van der Waals surface area contributed by atoms with Gasteiger partial charge in [0.05, 0.1) is 5.69 Å². The normalized spacial score (nSPS) is 11.8. The van der Waals surface area contributed by atoms with E-state index < -0.39 is 0 Å². The number of hydrogen-bond acceptors (Lipinski definition) is 2. The van der Waals surface area contributed by atoms with Crippen LogP contribution in [0.15, 0.2) is 58.0 Å². The summed E-state index contributed by atoms with van der Waals surface area (Å²) >= 11 is 5.03. The molecule has 0 N–H and O–H groups in total. The average molecular weight is 415 g/mol. The maximum atomic E-state index is 12.6. The van der Waals surface area contributed by atoms with Gasteiger partial charge in [0.15, 0.2) is 4.80 Å². The highest BCUT2D eigenvalue weighted by molar-refractivity contribution is 9.10. The van der Waals surface area contributed by atoms with Gasteiger partial charge in [-0.05, 0) is 50.6 Å². The number of carbonyl (C=O) groups is 1. The van der Waals surface area contributed by atoms with E-state index in [4.69, 9.17) is 0 Å². The van der Waals surface area contributed by atoms with Gasteiger partial charge >= 0.3 is 0 Å². The maximum absolute atomic E-state index is 12.6. The molecule has 0 aliphatic rings. The van der Waals surface area contributed by atoms with E-state index in [1.807, 2.05) is 43.3 Å². The smallest absolute Gasteiger partial charge is 0.279 e. The van der Waals surface area contributed by atoms with Crippen molar-refractivity contribution >= 4 is 33.2 Å². The Kier molecular flexibility index (Phi) is 5.35. The lowest BCUT2D eigenvalue weighted by Gasteiger charge is -2.07. The van der Waals surface area contributed by atoms with E-state index in [0.29, 0.717) is 5.56 Å². The first kappa shape index (κ1) is 17.8. The summed E-state index contributed by atoms with van der Waals surface area (Å²) in [6, 6.07) is 15.8. The Morgan fingerprint density at radius 2 is 1.88 bits per heavy atom. The fourth-order valence-electron chi connectivity index (χ4n) is 2.80. The molecule has 0 atom stereocenters. The first-order valence-corrected chi connectivity index (χ1v) is 9.72. The monoisotopic (exact) mass is 414 g/mol. The van der Waals surface area contributed by atoms with Crippen LogP contribution in [0, 0.1) is 13.8 Å². The lowest BCUT2D eigenvalue weighted by atomic mass is 10.1. The Balaban J connectivity index is 2.10. The second-order valence-electron chi connectivity index (χ2n) is 5.83. The number of benzene rings is 2. The van der Waals surface area contributed by atoms with Crippen LogP contribution in [0.25, 0.3) is 11.3 Å². The fourth-order valence-corrected chi connectivity index (χ4v) is 4.12. The lowest BCUT2D eigenvalue weighted by molar-refractivity contribution is 0.0997. The average Bonchev–Trinajstić information content (AvgIpc) is 2.90. The van der Waals surface area contributed by atoms with Crippen LogP contribution in [0.5, 0.6) is 0 Å². The molecule has 5 heteroatoms. The summed E-state index contributed by atoms with van der Waals surface area (Å²) in [5, 5.41) is 0. The predicted octanol–water partition coefficient (Wildman–Crippen LogP) is 5.36. The van der Waals surface area contributed by atoms with Crippen LogP contribution < -0.4 is 4.80 Å². The Morgan fingerprint density at radius 3 is 2.52 bits per heavy atom. The van der Waals surface area contributed by atoms with Crippen molar-refractivity contribution in [2.75, 3.05) is 0 Å². The summed E-state index contributed by atoms with van der Waals surface area (Å²) < 4.78 is 3.16. The van der Waals surface area contributed by atoms with Crippen LogP contribution >= 0.6 is 27.3 Å². The van der Waals surface area contributed by atoms with E-state index in [9.17, 15) is 4.79 Å². The van der Waals surface area contributed by atoms with Crippen molar-refractivity contribution < 1.29 is 4.79 Å². The molecule has 128 valence electrons. The van der Waals surface area contributed by atoms with Crippen LogP contribution in [0.4, 0.5) is 0 Å². The largest absolute Gasteiger partial charge is 0.316 e. The zero-order valence-electron chi connectivity index (χ0n) is 14.4. The third kappa shape index (κ3) is 3.83. The van der Waals surface area contributed by atoms with Crippen molar-refractivity contribution in [3.8, 4) is 11.3 Å². The van der Waals surface area contributed by atoms with Gasteiger partial charge in [-0.1, -0.05) is 45.8 Å². The van der Waals surface area contributed by atoms with Crippen molar-refractivity contribution in [2.24, 2.45) is 4.99 Å². The zero-order valence-corrected chi connectivity index (χ0v) is 16.8. The molecule has 0 aliphatic carbocycles. The minimum Gasteiger partial charge on any atom is -0.316 e. The number of nitrogens with zero attached hydrogens (tertiary/aromatic N) is 2. The quantitative estimate of drug-likeness (QED) is 0.567. The summed E-state index contributed by atoms with van der Waals surface area (Å²) in [6.07, 6.45) is 0. The van der Waals surface area contributed by atoms with Crippen molar-refractivity contribution in [1.29, 1.82) is 0 Å². The third-order valence-electron chi connectivity index (χ3n) is 3.97. The van der Waals surface area contributed by atoms with Crippen LogP contribution in [0.1, 0.15) is 27.7 Å².